The number of aliphatic hydroxyl groups is 6. The van der Waals surface area contributed by atoms with Crippen LogP contribution in [0.2, 0.25) is 0 Å². The first-order valence-electron chi connectivity index (χ1n) is 19.4. The molecule has 1 unspecified atom stereocenters. The number of hydrogen-bond acceptors (Lipinski definition) is 15. The summed E-state index contributed by atoms with van der Waals surface area (Å²) in [4.78, 5) is 25.2. The first-order valence-corrected chi connectivity index (χ1v) is 19.4. The third-order valence-electron chi connectivity index (χ3n) is 11.2. The molecule has 8 N–H and O–H groups in total. The molecular weight excluding hydrogens is 738 g/mol. The van der Waals surface area contributed by atoms with Crippen molar-refractivity contribution in [3.63, 3.8) is 0 Å². The molecule has 14 atom stereocenters. The molecule has 0 bridgehead atoms. The standard InChI is InChI=1S/C39H55NO16/c1-20-29(42)31(44)32(45)37(52-20)56-34-25(13-14-50-27(34)17-40-39(49)51-19-22-11-12-23-9-5-6-10-24(23)15-22)54-38-33(46)35(30(43)28(18-41)55-38)53-26(36(47)48)16-21-7-3-2-4-8-21/h5-6,9-12,15,20-21,25-35,37-38,41-46H,2-4,7-8,13-14,16-19H2,1H3,(H,40,49)(H,47,48)/t20-,25?,26-,27+,28+,29+,30-,31+,32-,33+,34-,35-,37-,38+/m0/s1. The van der Waals surface area contributed by atoms with Crippen molar-refractivity contribution in [2.45, 2.75) is 144 Å². The zero-order chi connectivity index (χ0) is 39.9. The Kier molecular flexibility index (Phi) is 14.9. The molecule has 3 heterocycles. The molecule has 17 heteroatoms. The summed E-state index contributed by atoms with van der Waals surface area (Å²) in [6.07, 6.45) is -15.3. The van der Waals surface area contributed by atoms with Crippen molar-refractivity contribution < 1.29 is 78.5 Å². The van der Waals surface area contributed by atoms with Crippen molar-refractivity contribution in [3.8, 4) is 0 Å². The van der Waals surface area contributed by atoms with Gasteiger partial charge in [0.15, 0.2) is 18.7 Å². The highest BCUT2D eigenvalue weighted by molar-refractivity contribution is 5.83. The van der Waals surface area contributed by atoms with Crippen LogP contribution in [0, 0.1) is 5.92 Å². The second-order valence-electron chi connectivity index (χ2n) is 15.2. The van der Waals surface area contributed by atoms with E-state index in [1.165, 1.54) is 6.92 Å². The van der Waals surface area contributed by atoms with Crippen LogP contribution in [0.15, 0.2) is 42.5 Å². The number of aliphatic carboxylic acids is 1. The fourth-order valence-corrected chi connectivity index (χ4v) is 7.95. The van der Waals surface area contributed by atoms with E-state index < -0.39 is 104 Å². The van der Waals surface area contributed by atoms with E-state index in [9.17, 15) is 45.3 Å². The van der Waals surface area contributed by atoms with Crippen LogP contribution in [0.4, 0.5) is 4.79 Å². The number of aliphatic hydroxyl groups excluding tert-OH is 6. The number of carboxylic acids is 1. The summed E-state index contributed by atoms with van der Waals surface area (Å²) in [6, 6.07) is 13.5. The Morgan fingerprint density at radius 1 is 0.821 bits per heavy atom. The maximum Gasteiger partial charge on any atom is 0.407 e. The van der Waals surface area contributed by atoms with Crippen LogP contribution in [0.25, 0.3) is 10.8 Å². The lowest BCUT2D eigenvalue weighted by molar-refractivity contribution is -0.355. The van der Waals surface area contributed by atoms with E-state index in [0.717, 1.165) is 48.4 Å². The lowest BCUT2D eigenvalue weighted by Crippen LogP contribution is -2.64. The monoisotopic (exact) mass is 793 g/mol. The molecule has 56 heavy (non-hydrogen) atoms. The Balaban J connectivity index is 1.16. The number of nitrogens with one attached hydrogen (secondary N) is 1. The summed E-state index contributed by atoms with van der Waals surface area (Å²) >= 11 is 0. The van der Waals surface area contributed by atoms with Gasteiger partial charge in [0.05, 0.1) is 18.8 Å². The van der Waals surface area contributed by atoms with Crippen molar-refractivity contribution in [3.05, 3.63) is 48.0 Å². The first-order chi connectivity index (χ1) is 26.9. The van der Waals surface area contributed by atoms with Crippen LogP contribution in [0.5, 0.6) is 0 Å². The summed E-state index contributed by atoms with van der Waals surface area (Å²) in [5.74, 6) is -1.16. The van der Waals surface area contributed by atoms with Crippen LogP contribution in [0.3, 0.4) is 0 Å². The van der Waals surface area contributed by atoms with Gasteiger partial charge < -0.3 is 74.2 Å². The molecule has 1 saturated carbocycles. The molecule has 4 fully saturated rings. The fourth-order valence-electron chi connectivity index (χ4n) is 7.95. The number of rotatable bonds is 14. The molecule has 0 radical (unpaired) electrons. The molecule has 6 rings (SSSR count). The van der Waals surface area contributed by atoms with Gasteiger partial charge >= 0.3 is 12.1 Å². The van der Waals surface area contributed by atoms with E-state index in [-0.39, 0.29) is 38.5 Å². The summed E-state index contributed by atoms with van der Waals surface area (Å²) in [6.45, 7) is 0.624. The fraction of sp³-hybridized carbons (Fsp3) is 0.692. The third kappa shape index (κ3) is 10.3. The molecule has 0 spiro atoms. The third-order valence-corrected chi connectivity index (χ3v) is 11.2. The minimum atomic E-state index is -1.74. The van der Waals surface area contributed by atoms with Crippen LogP contribution >= 0.6 is 0 Å². The van der Waals surface area contributed by atoms with Crippen LogP contribution in [-0.2, 0) is 44.6 Å². The molecule has 0 aromatic heterocycles. The predicted molar refractivity (Wildman–Crippen MR) is 194 cm³/mol. The number of amides is 1. The molecule has 3 aliphatic heterocycles. The van der Waals surface area contributed by atoms with E-state index in [4.69, 9.17) is 33.2 Å². The number of carbonyl (C=O) groups excluding carboxylic acids is 1. The van der Waals surface area contributed by atoms with Gasteiger partial charge in [-0.1, -0.05) is 68.5 Å². The number of carboxylic acid groups (broad SMARTS) is 1. The second kappa shape index (κ2) is 19.6. The maximum atomic E-state index is 12.9. The van der Waals surface area contributed by atoms with Crippen LogP contribution in [0.1, 0.15) is 57.4 Å². The van der Waals surface area contributed by atoms with E-state index in [2.05, 4.69) is 5.32 Å². The summed E-state index contributed by atoms with van der Waals surface area (Å²) in [5.41, 5.74) is 0.768. The van der Waals surface area contributed by atoms with Gasteiger partial charge in [-0.15, -0.1) is 0 Å². The molecular formula is C39H55NO16. The number of alkyl carbamates (subject to hydrolysis) is 1. The highest BCUT2D eigenvalue weighted by atomic mass is 16.7. The molecule has 1 aliphatic carbocycles. The van der Waals surface area contributed by atoms with Gasteiger partial charge in [0.2, 0.25) is 0 Å². The van der Waals surface area contributed by atoms with Gasteiger partial charge in [-0.25, -0.2) is 9.59 Å². The molecule has 17 nitrogen and oxygen atoms in total. The van der Waals surface area contributed by atoms with Crippen LogP contribution in [-0.4, -0.2) is 153 Å². The lowest BCUT2D eigenvalue weighted by Gasteiger charge is -2.47. The molecule has 3 saturated heterocycles. The van der Waals surface area contributed by atoms with Gasteiger partial charge in [-0.2, -0.15) is 0 Å². The normalized spacial score (nSPS) is 36.2. The summed E-state index contributed by atoms with van der Waals surface area (Å²) in [7, 11) is 0. The van der Waals surface area contributed by atoms with E-state index in [1.54, 1.807) is 0 Å². The van der Waals surface area contributed by atoms with Gasteiger partial charge in [-0.3, -0.25) is 0 Å². The molecule has 312 valence electrons. The highest BCUT2D eigenvalue weighted by Gasteiger charge is 2.51. The van der Waals surface area contributed by atoms with Crippen molar-refractivity contribution in [2.24, 2.45) is 5.92 Å². The number of fused-ring (bicyclic) bond motifs is 1. The Hall–Kier alpha value is -3.04. The molecule has 1 amide bonds. The molecule has 4 aliphatic rings. The Bertz CT molecular complexity index is 1580. The average molecular weight is 794 g/mol. The van der Waals surface area contributed by atoms with Crippen LogP contribution < -0.4 is 5.32 Å². The Morgan fingerprint density at radius 2 is 1.55 bits per heavy atom. The zero-order valence-corrected chi connectivity index (χ0v) is 31.3. The van der Waals surface area contributed by atoms with E-state index in [1.807, 2.05) is 42.5 Å². The summed E-state index contributed by atoms with van der Waals surface area (Å²) in [5, 5.41) is 79.0. The first kappa shape index (κ1) is 42.6. The molecule has 2 aromatic rings. The van der Waals surface area contributed by atoms with Crippen molar-refractivity contribution in [1.82, 2.24) is 5.32 Å². The van der Waals surface area contributed by atoms with Gasteiger partial charge in [-0.05, 0) is 48.1 Å². The van der Waals surface area contributed by atoms with Crippen molar-refractivity contribution >= 4 is 22.8 Å². The van der Waals surface area contributed by atoms with Gasteiger partial charge in [0, 0.05) is 13.2 Å². The topological polar surface area (TPSA) is 252 Å². The number of benzene rings is 2. The maximum absolute atomic E-state index is 12.9. The number of carbonyl (C=O) groups is 2. The van der Waals surface area contributed by atoms with Crippen molar-refractivity contribution in [2.75, 3.05) is 19.8 Å². The minimum Gasteiger partial charge on any atom is -0.479 e. The number of hydrogen-bond donors (Lipinski definition) is 8. The Labute approximate surface area is 324 Å². The van der Waals surface area contributed by atoms with Gasteiger partial charge in [0.25, 0.3) is 0 Å². The summed E-state index contributed by atoms with van der Waals surface area (Å²) < 4.78 is 41.3. The zero-order valence-electron chi connectivity index (χ0n) is 31.3. The molecule has 2 aromatic carbocycles. The lowest BCUT2D eigenvalue weighted by atomic mass is 9.85. The smallest absolute Gasteiger partial charge is 0.407 e. The average Bonchev–Trinajstić information content (AvgIpc) is 3.20. The highest BCUT2D eigenvalue weighted by Crippen LogP contribution is 2.34. The van der Waals surface area contributed by atoms with Crippen molar-refractivity contribution in [1.29, 1.82) is 0 Å². The van der Waals surface area contributed by atoms with E-state index in [0.29, 0.717) is 0 Å². The Morgan fingerprint density at radius 3 is 2.29 bits per heavy atom. The van der Waals surface area contributed by atoms with Gasteiger partial charge in [0.1, 0.15) is 61.5 Å². The largest absolute Gasteiger partial charge is 0.479 e. The van der Waals surface area contributed by atoms with E-state index >= 15 is 0 Å². The predicted octanol–water partition coefficient (Wildman–Crippen LogP) is 0.701. The quantitative estimate of drug-likeness (QED) is 0.131. The minimum absolute atomic E-state index is 0.0184. The SMILES string of the molecule is C[C@@H]1O[C@@H](O[C@H]2C(O[C@@H]3O[C@H](CO)[C@H](O)[C@H](O[C@@H](CC4CCCCC4)C(=O)O)[C@H]3O)CCO[C@@H]2CNC(=O)OCc2ccc3ccccc3c2)[C@@H](O)[C@H](O)[C@@H]1O. The number of ether oxygens (including phenoxy) is 7. The second-order valence-corrected chi connectivity index (χ2v) is 15.2.